The van der Waals surface area contributed by atoms with Gasteiger partial charge >= 0.3 is 0 Å². The maximum atomic E-state index is 12.1. The van der Waals surface area contributed by atoms with Gasteiger partial charge in [-0.05, 0) is 56.7 Å². The van der Waals surface area contributed by atoms with Crippen molar-refractivity contribution in [3.05, 3.63) is 0 Å². The lowest BCUT2D eigenvalue weighted by Gasteiger charge is -2.45. The van der Waals surface area contributed by atoms with Crippen molar-refractivity contribution in [3.8, 4) is 0 Å². The molecule has 3 saturated heterocycles. The van der Waals surface area contributed by atoms with Crippen molar-refractivity contribution in [2.75, 3.05) is 26.2 Å². The van der Waals surface area contributed by atoms with E-state index in [4.69, 9.17) is 5.73 Å². The molecule has 0 aliphatic carbocycles. The number of piperidine rings is 3. The van der Waals surface area contributed by atoms with E-state index in [0.717, 1.165) is 19.4 Å². The van der Waals surface area contributed by atoms with Crippen LogP contribution >= 0.6 is 0 Å². The van der Waals surface area contributed by atoms with E-state index in [2.05, 4.69) is 24.1 Å². The molecule has 110 valence electrons. The molecule has 19 heavy (non-hydrogen) atoms. The van der Waals surface area contributed by atoms with E-state index in [1.54, 1.807) is 0 Å². The summed E-state index contributed by atoms with van der Waals surface area (Å²) >= 11 is 0. The van der Waals surface area contributed by atoms with E-state index in [1.807, 2.05) is 0 Å². The molecule has 0 aromatic heterocycles. The van der Waals surface area contributed by atoms with Gasteiger partial charge in [0.2, 0.25) is 5.91 Å². The highest BCUT2D eigenvalue weighted by molar-refractivity contribution is 5.76. The van der Waals surface area contributed by atoms with Crippen molar-refractivity contribution in [3.63, 3.8) is 0 Å². The van der Waals surface area contributed by atoms with Gasteiger partial charge in [0.15, 0.2) is 0 Å². The van der Waals surface area contributed by atoms with Crippen LogP contribution in [0.25, 0.3) is 0 Å². The molecule has 3 heterocycles. The maximum Gasteiger partial charge on any atom is 0.220 e. The Balaban J connectivity index is 1.73. The van der Waals surface area contributed by atoms with Gasteiger partial charge in [0.25, 0.3) is 0 Å². The van der Waals surface area contributed by atoms with E-state index >= 15 is 0 Å². The van der Waals surface area contributed by atoms with Gasteiger partial charge < -0.3 is 16.0 Å². The molecular weight excluding hydrogens is 238 g/mol. The molecule has 3 aliphatic heterocycles. The van der Waals surface area contributed by atoms with E-state index in [1.165, 1.54) is 25.9 Å². The van der Waals surface area contributed by atoms with Gasteiger partial charge in [0.05, 0.1) is 0 Å². The molecule has 3 rings (SSSR count). The summed E-state index contributed by atoms with van der Waals surface area (Å²) in [5.41, 5.74) is 5.79. The van der Waals surface area contributed by atoms with Gasteiger partial charge in [-0.1, -0.05) is 13.8 Å². The van der Waals surface area contributed by atoms with E-state index < -0.39 is 0 Å². The van der Waals surface area contributed by atoms with Crippen LogP contribution in [-0.2, 0) is 4.79 Å². The van der Waals surface area contributed by atoms with Gasteiger partial charge in [0.1, 0.15) is 0 Å². The number of amides is 1. The SMILES string of the molecule is CC(C)(CCN)CCC(=O)NC1CN2CCC1CC2. The summed E-state index contributed by atoms with van der Waals surface area (Å²) in [5, 5.41) is 3.25. The van der Waals surface area contributed by atoms with Gasteiger partial charge in [-0.3, -0.25) is 4.79 Å². The molecule has 0 aromatic rings. The molecule has 0 aromatic carbocycles. The van der Waals surface area contributed by atoms with Gasteiger partial charge in [-0.25, -0.2) is 0 Å². The number of carbonyl (C=O) groups excluding carboxylic acids is 1. The predicted molar refractivity (Wildman–Crippen MR) is 77.8 cm³/mol. The van der Waals surface area contributed by atoms with Crippen LogP contribution in [0.2, 0.25) is 0 Å². The smallest absolute Gasteiger partial charge is 0.220 e. The average molecular weight is 267 g/mol. The van der Waals surface area contributed by atoms with Crippen molar-refractivity contribution in [1.82, 2.24) is 10.2 Å². The van der Waals surface area contributed by atoms with Crippen LogP contribution in [0.3, 0.4) is 0 Å². The van der Waals surface area contributed by atoms with Crippen molar-refractivity contribution in [1.29, 1.82) is 0 Å². The fraction of sp³-hybridized carbons (Fsp3) is 0.933. The van der Waals surface area contributed by atoms with E-state index in [9.17, 15) is 4.79 Å². The Kier molecular flexibility index (Phi) is 4.85. The second-order valence-corrected chi connectivity index (χ2v) is 7.01. The Morgan fingerprint density at radius 3 is 2.53 bits per heavy atom. The molecule has 4 heteroatoms. The third-order valence-corrected chi connectivity index (χ3v) is 4.85. The molecule has 3 N–H and O–H groups in total. The lowest BCUT2D eigenvalue weighted by atomic mass is 9.83. The molecular formula is C15H29N3O. The lowest BCUT2D eigenvalue weighted by molar-refractivity contribution is -0.123. The Bertz CT molecular complexity index is 309. The van der Waals surface area contributed by atoms with Crippen LogP contribution in [0.5, 0.6) is 0 Å². The first-order chi connectivity index (χ1) is 9.00. The minimum absolute atomic E-state index is 0.182. The van der Waals surface area contributed by atoms with Crippen molar-refractivity contribution >= 4 is 5.91 Å². The summed E-state index contributed by atoms with van der Waals surface area (Å²) in [4.78, 5) is 14.6. The third kappa shape index (κ3) is 4.18. The highest BCUT2D eigenvalue weighted by Gasteiger charge is 2.34. The van der Waals surface area contributed by atoms with Crippen molar-refractivity contribution < 1.29 is 4.79 Å². The van der Waals surface area contributed by atoms with Crippen LogP contribution in [0, 0.1) is 11.3 Å². The standard InChI is InChI=1S/C15H29N3O/c1-15(2,7-8-16)6-3-14(19)17-13-11-18-9-4-12(13)5-10-18/h12-13H,3-11,16H2,1-2H3,(H,17,19). The summed E-state index contributed by atoms with van der Waals surface area (Å²) in [6.07, 6.45) is 5.06. The molecule has 3 fully saturated rings. The number of fused-ring (bicyclic) bond motifs is 3. The van der Waals surface area contributed by atoms with Gasteiger partial charge in [0, 0.05) is 19.0 Å². The number of nitrogens with two attached hydrogens (primary N) is 1. The van der Waals surface area contributed by atoms with Gasteiger partial charge in [-0.15, -0.1) is 0 Å². The Morgan fingerprint density at radius 1 is 1.32 bits per heavy atom. The topological polar surface area (TPSA) is 58.4 Å². The normalized spacial score (nSPS) is 30.4. The monoisotopic (exact) mass is 267 g/mol. The van der Waals surface area contributed by atoms with Crippen LogP contribution < -0.4 is 11.1 Å². The average Bonchev–Trinajstić information content (AvgIpc) is 2.38. The molecule has 2 bridgehead atoms. The van der Waals surface area contributed by atoms with Crippen LogP contribution in [0.1, 0.15) is 46.0 Å². The quantitative estimate of drug-likeness (QED) is 0.764. The molecule has 0 spiro atoms. The molecule has 1 amide bonds. The van der Waals surface area contributed by atoms with Crippen LogP contribution in [0.15, 0.2) is 0 Å². The molecule has 4 nitrogen and oxygen atoms in total. The zero-order valence-electron chi connectivity index (χ0n) is 12.5. The highest BCUT2D eigenvalue weighted by atomic mass is 16.1. The Labute approximate surface area is 117 Å². The second-order valence-electron chi connectivity index (χ2n) is 7.01. The van der Waals surface area contributed by atoms with Crippen molar-refractivity contribution in [2.45, 2.75) is 52.0 Å². The van der Waals surface area contributed by atoms with E-state index in [-0.39, 0.29) is 11.3 Å². The first-order valence-electron chi connectivity index (χ1n) is 7.72. The fourth-order valence-electron chi connectivity index (χ4n) is 3.38. The summed E-state index contributed by atoms with van der Waals surface area (Å²) in [5.74, 6) is 0.940. The zero-order chi connectivity index (χ0) is 13.9. The maximum absolute atomic E-state index is 12.1. The van der Waals surface area contributed by atoms with Crippen LogP contribution in [-0.4, -0.2) is 43.0 Å². The Hall–Kier alpha value is -0.610. The minimum Gasteiger partial charge on any atom is -0.352 e. The summed E-state index contributed by atoms with van der Waals surface area (Å²) in [7, 11) is 0. The third-order valence-electron chi connectivity index (χ3n) is 4.85. The van der Waals surface area contributed by atoms with Gasteiger partial charge in [-0.2, -0.15) is 0 Å². The summed E-state index contributed by atoms with van der Waals surface area (Å²) in [6.45, 7) is 8.60. The van der Waals surface area contributed by atoms with Crippen molar-refractivity contribution in [2.24, 2.45) is 17.1 Å². The number of nitrogens with one attached hydrogen (secondary N) is 1. The first-order valence-corrected chi connectivity index (χ1v) is 7.72. The molecule has 1 atom stereocenters. The van der Waals surface area contributed by atoms with E-state index in [0.29, 0.717) is 24.9 Å². The predicted octanol–water partition coefficient (Wildman–Crippen LogP) is 1.35. The first kappa shape index (κ1) is 14.8. The number of nitrogens with zero attached hydrogens (tertiary/aromatic N) is 1. The second kappa shape index (κ2) is 6.23. The molecule has 0 radical (unpaired) electrons. The zero-order valence-corrected chi connectivity index (χ0v) is 12.5. The van der Waals surface area contributed by atoms with Crippen LogP contribution in [0.4, 0.5) is 0 Å². The molecule has 3 aliphatic rings. The minimum atomic E-state index is 0.182. The number of hydrogen-bond acceptors (Lipinski definition) is 3. The number of hydrogen-bond donors (Lipinski definition) is 2. The number of rotatable bonds is 6. The lowest BCUT2D eigenvalue weighted by Crippen LogP contribution is -2.57. The fourth-order valence-corrected chi connectivity index (χ4v) is 3.38. The molecule has 0 saturated carbocycles. The summed E-state index contributed by atoms with van der Waals surface area (Å²) < 4.78 is 0. The Morgan fingerprint density at radius 2 is 2.00 bits per heavy atom. The highest BCUT2D eigenvalue weighted by Crippen LogP contribution is 2.28. The molecule has 1 unspecified atom stereocenters. The number of carbonyl (C=O) groups is 1. The largest absolute Gasteiger partial charge is 0.352 e. The summed E-state index contributed by atoms with van der Waals surface area (Å²) in [6, 6.07) is 0.396.